The molecule has 0 aromatic rings. The highest BCUT2D eigenvalue weighted by atomic mass is 32.1. The quantitative estimate of drug-likeness (QED) is 0.318. The molecule has 2 atom stereocenters. The Bertz CT molecular complexity index is 347. The molecule has 1 amide bonds. The normalized spacial score (nSPS) is 12.4. The van der Waals surface area contributed by atoms with Gasteiger partial charge in [-0.1, -0.05) is 0 Å². The third kappa shape index (κ3) is 12.4. The molecule has 2 unspecified atom stereocenters. The maximum atomic E-state index is 10.3. The van der Waals surface area contributed by atoms with Crippen molar-refractivity contribution in [2.45, 2.75) is 25.4 Å². The van der Waals surface area contributed by atoms with E-state index in [1.54, 1.807) is 0 Å². The van der Waals surface area contributed by atoms with Gasteiger partial charge in [-0.3, -0.25) is 14.4 Å². The molecular formula is C9H16N2O7S. The average molecular weight is 296 g/mol. The third-order valence-corrected chi connectivity index (χ3v) is 1.94. The first-order valence-electron chi connectivity index (χ1n) is 4.92. The summed E-state index contributed by atoms with van der Waals surface area (Å²) < 4.78 is 0. The predicted octanol–water partition coefficient (Wildman–Crippen LogP) is -1.62. The van der Waals surface area contributed by atoms with Gasteiger partial charge in [0, 0.05) is 12.7 Å². The van der Waals surface area contributed by atoms with Crippen molar-refractivity contribution in [2.24, 2.45) is 5.73 Å². The highest BCUT2D eigenvalue weighted by Gasteiger charge is 2.15. The Morgan fingerprint density at radius 3 is 1.74 bits per heavy atom. The van der Waals surface area contributed by atoms with Gasteiger partial charge >= 0.3 is 17.9 Å². The van der Waals surface area contributed by atoms with E-state index < -0.39 is 36.4 Å². The number of thiol groups is 1. The zero-order chi connectivity index (χ0) is 15.6. The van der Waals surface area contributed by atoms with Gasteiger partial charge in [-0.25, -0.2) is 4.79 Å². The summed E-state index contributed by atoms with van der Waals surface area (Å²) in [4.78, 5) is 40.1. The third-order valence-electron chi connectivity index (χ3n) is 1.57. The summed E-state index contributed by atoms with van der Waals surface area (Å²) in [5.74, 6) is -3.82. The molecule has 0 radical (unpaired) electrons. The van der Waals surface area contributed by atoms with E-state index in [1.807, 2.05) is 0 Å². The summed E-state index contributed by atoms with van der Waals surface area (Å²) in [6.07, 6.45) is -0.532. The number of carbonyl (C=O) groups is 4. The van der Waals surface area contributed by atoms with E-state index in [9.17, 15) is 19.2 Å². The van der Waals surface area contributed by atoms with Crippen LogP contribution in [0.25, 0.3) is 0 Å². The lowest BCUT2D eigenvalue weighted by Crippen LogP contribution is -2.40. The standard InChI is InChI=1S/C5H9NO3S.C4H7NO4/c1-3(7)6-4(2-10)5(8)9;5-2(4(8)9)1-3(6)7/h4,10H,2H2,1H3,(H,6,7)(H,8,9);2H,1,5H2,(H,6,7)(H,8,9). The molecular weight excluding hydrogens is 280 g/mol. The van der Waals surface area contributed by atoms with E-state index in [0.29, 0.717) is 0 Å². The van der Waals surface area contributed by atoms with Crippen LogP contribution in [0.15, 0.2) is 0 Å². The molecule has 0 aromatic carbocycles. The summed E-state index contributed by atoms with van der Waals surface area (Å²) in [6.45, 7) is 1.26. The molecule has 0 aromatic heterocycles. The smallest absolute Gasteiger partial charge is 0.327 e. The number of carboxylic acid groups (broad SMARTS) is 3. The molecule has 10 heteroatoms. The molecule has 9 nitrogen and oxygen atoms in total. The Balaban J connectivity index is 0. The van der Waals surface area contributed by atoms with Crippen molar-refractivity contribution in [3.05, 3.63) is 0 Å². The number of nitrogens with two attached hydrogens (primary N) is 1. The van der Waals surface area contributed by atoms with E-state index in [-0.39, 0.29) is 11.7 Å². The second-order valence-electron chi connectivity index (χ2n) is 3.32. The number of amides is 1. The molecule has 110 valence electrons. The monoisotopic (exact) mass is 296 g/mol. The molecule has 0 aliphatic rings. The fraction of sp³-hybridized carbons (Fsp3) is 0.556. The molecule has 0 fully saturated rings. The summed E-state index contributed by atoms with van der Waals surface area (Å²) >= 11 is 3.73. The van der Waals surface area contributed by atoms with Crippen LogP contribution in [0.3, 0.4) is 0 Å². The Kier molecular flexibility index (Phi) is 10.4. The molecule has 19 heavy (non-hydrogen) atoms. The predicted molar refractivity (Wildman–Crippen MR) is 67.0 cm³/mol. The van der Waals surface area contributed by atoms with Gasteiger partial charge < -0.3 is 26.4 Å². The number of hydrogen-bond donors (Lipinski definition) is 6. The molecule has 0 heterocycles. The Hall–Kier alpha value is -1.81. The highest BCUT2D eigenvalue weighted by molar-refractivity contribution is 7.80. The van der Waals surface area contributed by atoms with Crippen LogP contribution in [0.2, 0.25) is 0 Å². The van der Waals surface area contributed by atoms with Crippen molar-refractivity contribution in [3.63, 3.8) is 0 Å². The lowest BCUT2D eigenvalue weighted by atomic mass is 10.2. The zero-order valence-electron chi connectivity index (χ0n) is 10.1. The Morgan fingerprint density at radius 2 is 1.63 bits per heavy atom. The van der Waals surface area contributed by atoms with Crippen molar-refractivity contribution in [2.75, 3.05) is 5.75 Å². The van der Waals surface area contributed by atoms with Gasteiger partial charge in [0.25, 0.3) is 0 Å². The van der Waals surface area contributed by atoms with Crippen LogP contribution < -0.4 is 11.1 Å². The van der Waals surface area contributed by atoms with Crippen molar-refractivity contribution in [1.29, 1.82) is 0 Å². The topological polar surface area (TPSA) is 167 Å². The fourth-order valence-corrected chi connectivity index (χ4v) is 0.954. The largest absolute Gasteiger partial charge is 0.481 e. The molecule has 0 bridgehead atoms. The van der Waals surface area contributed by atoms with Crippen LogP contribution in [0.4, 0.5) is 0 Å². The molecule has 0 aliphatic heterocycles. The average Bonchev–Trinajstić information content (AvgIpc) is 2.25. The lowest BCUT2D eigenvalue weighted by molar-refractivity contribution is -0.144. The first-order valence-corrected chi connectivity index (χ1v) is 5.56. The maximum absolute atomic E-state index is 10.3. The van der Waals surface area contributed by atoms with Crippen LogP contribution in [0, 0.1) is 0 Å². The molecule has 6 N–H and O–H groups in total. The van der Waals surface area contributed by atoms with Gasteiger partial charge in [-0.15, -0.1) is 0 Å². The minimum atomic E-state index is -1.29. The van der Waals surface area contributed by atoms with Gasteiger partial charge in [0.05, 0.1) is 6.42 Å². The van der Waals surface area contributed by atoms with Crippen molar-refractivity contribution in [3.8, 4) is 0 Å². The summed E-state index contributed by atoms with van der Waals surface area (Å²) in [5, 5.41) is 26.6. The highest BCUT2D eigenvalue weighted by Crippen LogP contribution is 1.87. The van der Waals surface area contributed by atoms with E-state index in [1.165, 1.54) is 6.92 Å². The van der Waals surface area contributed by atoms with E-state index in [0.717, 1.165) is 0 Å². The van der Waals surface area contributed by atoms with Crippen molar-refractivity contribution >= 4 is 36.4 Å². The molecule has 0 saturated carbocycles. The number of carboxylic acids is 3. The van der Waals surface area contributed by atoms with E-state index >= 15 is 0 Å². The summed E-state index contributed by atoms with van der Waals surface area (Å²) in [6, 6.07) is -2.16. The first kappa shape index (κ1) is 19.5. The van der Waals surface area contributed by atoms with Crippen LogP contribution in [-0.2, 0) is 19.2 Å². The zero-order valence-corrected chi connectivity index (χ0v) is 11.0. The van der Waals surface area contributed by atoms with E-state index in [4.69, 9.17) is 21.1 Å². The SMILES string of the molecule is CC(=O)NC(CS)C(=O)O.NC(CC(=O)O)C(=O)O. The van der Waals surface area contributed by atoms with Crippen molar-refractivity contribution in [1.82, 2.24) is 5.32 Å². The van der Waals surface area contributed by atoms with Crippen LogP contribution >= 0.6 is 12.6 Å². The number of nitrogens with one attached hydrogen (secondary N) is 1. The van der Waals surface area contributed by atoms with Gasteiger partial charge in [-0.2, -0.15) is 12.6 Å². The lowest BCUT2D eigenvalue weighted by Gasteiger charge is -2.08. The minimum Gasteiger partial charge on any atom is -0.481 e. The summed E-state index contributed by atoms with van der Waals surface area (Å²) in [5.41, 5.74) is 4.84. The van der Waals surface area contributed by atoms with Crippen molar-refractivity contribution < 1.29 is 34.5 Å². The Morgan fingerprint density at radius 1 is 1.16 bits per heavy atom. The molecule has 0 rings (SSSR count). The van der Waals surface area contributed by atoms with Gasteiger partial charge in [-0.05, 0) is 0 Å². The second-order valence-corrected chi connectivity index (χ2v) is 3.68. The van der Waals surface area contributed by atoms with Crippen LogP contribution in [-0.4, -0.2) is 57.0 Å². The number of hydrogen-bond acceptors (Lipinski definition) is 6. The first-order chi connectivity index (χ1) is 8.61. The molecule has 0 spiro atoms. The van der Waals surface area contributed by atoms with Gasteiger partial charge in [0.15, 0.2) is 0 Å². The number of rotatable bonds is 6. The van der Waals surface area contributed by atoms with E-state index in [2.05, 4.69) is 17.9 Å². The van der Waals surface area contributed by atoms with Crippen LogP contribution in [0.1, 0.15) is 13.3 Å². The Labute approximate surface area is 114 Å². The fourth-order valence-electron chi connectivity index (χ4n) is 0.706. The van der Waals surface area contributed by atoms with Gasteiger partial charge in [0.2, 0.25) is 5.91 Å². The maximum Gasteiger partial charge on any atom is 0.327 e. The van der Waals surface area contributed by atoms with Gasteiger partial charge in [0.1, 0.15) is 12.1 Å². The number of carbonyl (C=O) groups excluding carboxylic acids is 1. The summed E-state index contributed by atoms with van der Waals surface area (Å²) in [7, 11) is 0. The second kappa shape index (κ2) is 10.1. The minimum absolute atomic E-state index is 0.106. The molecule has 0 aliphatic carbocycles. The van der Waals surface area contributed by atoms with Crippen LogP contribution in [0.5, 0.6) is 0 Å². The number of aliphatic carboxylic acids is 3. The molecule has 0 saturated heterocycles.